The van der Waals surface area contributed by atoms with Gasteiger partial charge in [0.1, 0.15) is 5.82 Å². The summed E-state index contributed by atoms with van der Waals surface area (Å²) in [5, 5.41) is 12.0. The van der Waals surface area contributed by atoms with E-state index in [1.54, 1.807) is 6.07 Å². The lowest BCUT2D eigenvalue weighted by molar-refractivity contribution is 0.0686. The van der Waals surface area contributed by atoms with Gasteiger partial charge >= 0.3 is 5.97 Å². The van der Waals surface area contributed by atoms with E-state index in [1.165, 1.54) is 18.2 Å². The zero-order valence-electron chi connectivity index (χ0n) is 7.78. The summed E-state index contributed by atoms with van der Waals surface area (Å²) in [6.07, 6.45) is 0. The lowest BCUT2D eigenvalue weighted by Gasteiger charge is -2.00. The molecule has 2 rings (SSSR count). The van der Waals surface area contributed by atoms with Crippen LogP contribution in [0.1, 0.15) is 10.5 Å². The van der Waals surface area contributed by atoms with E-state index in [2.05, 4.69) is 21.1 Å². The summed E-state index contributed by atoms with van der Waals surface area (Å²) >= 11 is 3.15. The topological polar surface area (TPSA) is 63.3 Å². The Morgan fingerprint density at radius 1 is 1.50 bits per heavy atom. The van der Waals surface area contributed by atoms with E-state index < -0.39 is 11.8 Å². The molecule has 2 aromatic rings. The van der Waals surface area contributed by atoms with Gasteiger partial charge in [0, 0.05) is 10.5 Å². The van der Waals surface area contributed by atoms with Crippen LogP contribution < -0.4 is 0 Å². The summed E-state index contributed by atoms with van der Waals surface area (Å²) in [6.45, 7) is 0. The Morgan fingerprint density at radius 2 is 2.25 bits per heavy atom. The largest absolute Gasteiger partial charge is 0.476 e. The standard InChI is InChI=1S/C10H5BrFNO3/c11-5-2-1-3-6(12)9(5)8-4-7(10(14)15)13-16-8/h1-4H,(H,14,15). The Labute approximate surface area is 97.8 Å². The van der Waals surface area contributed by atoms with Crippen LogP contribution in [0.5, 0.6) is 0 Å². The zero-order valence-corrected chi connectivity index (χ0v) is 9.36. The van der Waals surface area contributed by atoms with E-state index in [-0.39, 0.29) is 17.0 Å². The fourth-order valence-electron chi connectivity index (χ4n) is 1.23. The van der Waals surface area contributed by atoms with Gasteiger partial charge in [0.2, 0.25) is 0 Å². The average Bonchev–Trinajstić information content (AvgIpc) is 2.66. The van der Waals surface area contributed by atoms with Crippen LogP contribution in [-0.4, -0.2) is 16.2 Å². The highest BCUT2D eigenvalue weighted by molar-refractivity contribution is 9.10. The first-order valence-corrected chi connectivity index (χ1v) is 5.03. The molecular formula is C10H5BrFNO3. The van der Waals surface area contributed by atoms with E-state index in [1.807, 2.05) is 0 Å². The van der Waals surface area contributed by atoms with E-state index in [4.69, 9.17) is 9.63 Å². The Hall–Kier alpha value is -1.69. The molecule has 0 atom stereocenters. The number of aromatic nitrogens is 1. The molecule has 0 amide bonds. The molecule has 0 unspecified atom stereocenters. The van der Waals surface area contributed by atoms with Crippen LogP contribution >= 0.6 is 15.9 Å². The first-order chi connectivity index (χ1) is 7.59. The molecule has 1 N–H and O–H groups in total. The molecule has 82 valence electrons. The number of hydrogen-bond donors (Lipinski definition) is 1. The molecule has 1 aromatic heterocycles. The Bertz CT molecular complexity index is 532. The first kappa shape index (κ1) is 10.8. The number of nitrogens with zero attached hydrogens (tertiary/aromatic N) is 1. The highest BCUT2D eigenvalue weighted by Gasteiger charge is 2.17. The third-order valence-electron chi connectivity index (χ3n) is 1.94. The second-order valence-electron chi connectivity index (χ2n) is 2.98. The monoisotopic (exact) mass is 285 g/mol. The molecule has 0 fully saturated rings. The molecule has 0 aliphatic rings. The van der Waals surface area contributed by atoms with Gasteiger partial charge in [0.25, 0.3) is 0 Å². The van der Waals surface area contributed by atoms with Crippen LogP contribution in [0, 0.1) is 5.82 Å². The van der Waals surface area contributed by atoms with Crippen molar-refractivity contribution in [3.63, 3.8) is 0 Å². The Morgan fingerprint density at radius 3 is 2.81 bits per heavy atom. The van der Waals surface area contributed by atoms with Gasteiger partial charge in [-0.05, 0) is 28.1 Å². The minimum Gasteiger partial charge on any atom is -0.476 e. The van der Waals surface area contributed by atoms with Gasteiger partial charge in [-0.3, -0.25) is 0 Å². The van der Waals surface area contributed by atoms with Crippen molar-refractivity contribution in [3.05, 3.63) is 40.2 Å². The summed E-state index contributed by atoms with van der Waals surface area (Å²) in [7, 11) is 0. The first-order valence-electron chi connectivity index (χ1n) is 4.24. The summed E-state index contributed by atoms with van der Waals surface area (Å²) in [6, 6.07) is 5.58. The molecule has 4 nitrogen and oxygen atoms in total. The normalized spacial score (nSPS) is 10.4. The van der Waals surface area contributed by atoms with Crippen LogP contribution in [-0.2, 0) is 0 Å². The van der Waals surface area contributed by atoms with Gasteiger partial charge in [0.05, 0.1) is 5.56 Å². The van der Waals surface area contributed by atoms with Crippen molar-refractivity contribution in [1.29, 1.82) is 0 Å². The maximum Gasteiger partial charge on any atom is 0.358 e. The van der Waals surface area contributed by atoms with Gasteiger partial charge < -0.3 is 9.63 Å². The van der Waals surface area contributed by atoms with Gasteiger partial charge in [-0.15, -0.1) is 0 Å². The summed E-state index contributed by atoms with van der Waals surface area (Å²) in [5.74, 6) is -1.66. The molecule has 0 aliphatic heterocycles. The van der Waals surface area contributed by atoms with Crippen molar-refractivity contribution in [2.45, 2.75) is 0 Å². The molecule has 0 bridgehead atoms. The highest BCUT2D eigenvalue weighted by Crippen LogP contribution is 2.31. The second-order valence-corrected chi connectivity index (χ2v) is 3.83. The molecular weight excluding hydrogens is 281 g/mol. The van der Waals surface area contributed by atoms with Crippen molar-refractivity contribution >= 4 is 21.9 Å². The Balaban J connectivity index is 2.54. The van der Waals surface area contributed by atoms with Crippen LogP contribution in [0.25, 0.3) is 11.3 Å². The van der Waals surface area contributed by atoms with E-state index in [0.717, 1.165) is 0 Å². The number of rotatable bonds is 2. The molecule has 1 aromatic carbocycles. The molecule has 0 saturated carbocycles. The lowest BCUT2D eigenvalue weighted by atomic mass is 10.1. The lowest BCUT2D eigenvalue weighted by Crippen LogP contribution is -1.94. The van der Waals surface area contributed by atoms with E-state index in [0.29, 0.717) is 4.47 Å². The average molecular weight is 286 g/mol. The van der Waals surface area contributed by atoms with E-state index >= 15 is 0 Å². The quantitative estimate of drug-likeness (QED) is 0.921. The molecule has 16 heavy (non-hydrogen) atoms. The van der Waals surface area contributed by atoms with Crippen LogP contribution in [0.4, 0.5) is 4.39 Å². The third kappa shape index (κ3) is 1.83. The van der Waals surface area contributed by atoms with Crippen molar-refractivity contribution in [3.8, 4) is 11.3 Å². The number of benzene rings is 1. The Kier molecular flexibility index (Phi) is 2.74. The van der Waals surface area contributed by atoms with E-state index in [9.17, 15) is 9.18 Å². The predicted molar refractivity (Wildman–Crippen MR) is 56.6 cm³/mol. The number of carbonyl (C=O) groups is 1. The van der Waals surface area contributed by atoms with Crippen molar-refractivity contribution in [1.82, 2.24) is 5.16 Å². The maximum absolute atomic E-state index is 13.5. The van der Waals surface area contributed by atoms with Gasteiger partial charge in [-0.25, -0.2) is 9.18 Å². The number of aromatic carboxylic acids is 1. The van der Waals surface area contributed by atoms with Gasteiger partial charge in [0.15, 0.2) is 11.5 Å². The van der Waals surface area contributed by atoms with Crippen LogP contribution in [0.15, 0.2) is 33.3 Å². The number of hydrogen-bond acceptors (Lipinski definition) is 3. The van der Waals surface area contributed by atoms with Crippen molar-refractivity contribution in [2.24, 2.45) is 0 Å². The number of carboxylic acids is 1. The molecule has 1 heterocycles. The SMILES string of the molecule is O=C(O)c1cc(-c2c(F)cccc2Br)on1. The van der Waals surface area contributed by atoms with Gasteiger partial charge in [-0.1, -0.05) is 11.2 Å². The minimum atomic E-state index is -1.22. The summed E-state index contributed by atoms with van der Waals surface area (Å²) < 4.78 is 18.7. The maximum atomic E-state index is 13.5. The summed E-state index contributed by atoms with van der Waals surface area (Å²) in [4.78, 5) is 10.6. The number of carboxylic acid groups (broad SMARTS) is 1. The molecule has 0 radical (unpaired) electrons. The fourth-order valence-corrected chi connectivity index (χ4v) is 1.76. The van der Waals surface area contributed by atoms with Gasteiger partial charge in [-0.2, -0.15) is 0 Å². The smallest absolute Gasteiger partial charge is 0.358 e. The highest BCUT2D eigenvalue weighted by atomic mass is 79.9. The molecule has 6 heteroatoms. The third-order valence-corrected chi connectivity index (χ3v) is 2.60. The fraction of sp³-hybridized carbons (Fsp3) is 0. The minimum absolute atomic E-state index is 0.0716. The number of halogens is 2. The molecule has 0 spiro atoms. The van der Waals surface area contributed by atoms with Crippen LogP contribution in [0.2, 0.25) is 0 Å². The van der Waals surface area contributed by atoms with Crippen molar-refractivity contribution in [2.75, 3.05) is 0 Å². The van der Waals surface area contributed by atoms with Crippen molar-refractivity contribution < 1.29 is 18.8 Å². The summed E-state index contributed by atoms with van der Waals surface area (Å²) in [5.41, 5.74) is -0.104. The second kappa shape index (κ2) is 4.05. The van der Waals surface area contributed by atoms with Crippen LogP contribution in [0.3, 0.4) is 0 Å². The molecule has 0 aliphatic carbocycles. The predicted octanol–water partition coefficient (Wildman–Crippen LogP) is 2.94. The molecule has 0 saturated heterocycles. The zero-order chi connectivity index (χ0) is 11.7.